The maximum absolute atomic E-state index is 12.3. The fourth-order valence-electron chi connectivity index (χ4n) is 2.13. The van der Waals surface area contributed by atoms with Gasteiger partial charge in [-0.2, -0.15) is 0 Å². The van der Waals surface area contributed by atoms with Gasteiger partial charge in [-0.3, -0.25) is 9.59 Å². The van der Waals surface area contributed by atoms with Gasteiger partial charge in [-0.05, 0) is 38.1 Å². The van der Waals surface area contributed by atoms with Gasteiger partial charge in [0.25, 0.3) is 11.8 Å². The molecule has 0 aromatic heterocycles. The second-order valence-corrected chi connectivity index (χ2v) is 5.48. The van der Waals surface area contributed by atoms with E-state index in [1.54, 1.807) is 34.1 Å². The van der Waals surface area contributed by atoms with Gasteiger partial charge in [0, 0.05) is 49.1 Å². The summed E-state index contributed by atoms with van der Waals surface area (Å²) in [4.78, 5) is 27.9. The Bertz CT molecular complexity index is 446. The molecular weight excluding hydrogens is 323 g/mol. The molecule has 0 spiro atoms. The number of benzene rings is 1. The van der Waals surface area contributed by atoms with Crippen molar-refractivity contribution in [3.8, 4) is 0 Å². The minimum absolute atomic E-state index is 0.0738. The van der Waals surface area contributed by atoms with Gasteiger partial charge < -0.3 is 9.80 Å². The van der Waals surface area contributed by atoms with Crippen molar-refractivity contribution in [3.05, 3.63) is 35.4 Å². The second-order valence-electron chi connectivity index (χ2n) is 4.72. The predicted octanol–water partition coefficient (Wildman–Crippen LogP) is 3.09. The van der Waals surface area contributed by atoms with Crippen molar-refractivity contribution < 1.29 is 9.59 Å². The van der Waals surface area contributed by atoms with Crippen molar-refractivity contribution in [1.29, 1.82) is 0 Å². The number of carbonyl (C=O) groups is 2. The van der Waals surface area contributed by atoms with Crippen molar-refractivity contribution in [2.24, 2.45) is 0 Å². The number of nitrogens with zero attached hydrogens (tertiary/aromatic N) is 2. The smallest absolute Gasteiger partial charge is 0.253 e. The van der Waals surface area contributed by atoms with E-state index in [4.69, 9.17) is 23.2 Å². The van der Waals surface area contributed by atoms with Crippen LogP contribution in [0.25, 0.3) is 0 Å². The molecule has 1 rings (SSSR count). The predicted molar refractivity (Wildman–Crippen MR) is 91.0 cm³/mol. The van der Waals surface area contributed by atoms with Crippen molar-refractivity contribution in [1.82, 2.24) is 9.80 Å². The van der Waals surface area contributed by atoms with Gasteiger partial charge in [0.05, 0.1) is 0 Å². The lowest BCUT2D eigenvalue weighted by Gasteiger charge is -2.21. The number of amides is 2. The summed E-state index contributed by atoms with van der Waals surface area (Å²) in [5, 5.41) is 0. The minimum atomic E-state index is -0.0738. The van der Waals surface area contributed by atoms with E-state index in [0.717, 1.165) is 0 Å². The Morgan fingerprint density at radius 1 is 0.818 bits per heavy atom. The van der Waals surface area contributed by atoms with Gasteiger partial charge in [0.15, 0.2) is 0 Å². The molecule has 0 atom stereocenters. The molecule has 0 saturated heterocycles. The topological polar surface area (TPSA) is 40.6 Å². The van der Waals surface area contributed by atoms with E-state index in [-0.39, 0.29) is 11.8 Å². The molecule has 1 aromatic rings. The third-order valence-electron chi connectivity index (χ3n) is 3.43. The molecule has 122 valence electrons. The Kier molecular flexibility index (Phi) is 8.28. The molecule has 0 bridgehead atoms. The van der Waals surface area contributed by atoms with Crippen molar-refractivity contribution in [3.63, 3.8) is 0 Å². The van der Waals surface area contributed by atoms with Gasteiger partial charge in [0.1, 0.15) is 0 Å². The summed E-state index contributed by atoms with van der Waals surface area (Å²) in [6.07, 6.45) is 0. The largest absolute Gasteiger partial charge is 0.338 e. The minimum Gasteiger partial charge on any atom is -0.338 e. The monoisotopic (exact) mass is 344 g/mol. The van der Waals surface area contributed by atoms with Crippen molar-refractivity contribution in [2.75, 3.05) is 37.9 Å². The molecule has 0 aliphatic rings. The molecular formula is C16H22Cl2N2O2. The molecule has 0 aliphatic carbocycles. The second kappa shape index (κ2) is 9.70. The van der Waals surface area contributed by atoms with Gasteiger partial charge >= 0.3 is 0 Å². The first kappa shape index (κ1) is 18.8. The fourth-order valence-corrected chi connectivity index (χ4v) is 2.54. The van der Waals surface area contributed by atoms with Crippen LogP contribution < -0.4 is 0 Å². The zero-order chi connectivity index (χ0) is 16.5. The van der Waals surface area contributed by atoms with Crippen LogP contribution in [0.15, 0.2) is 24.3 Å². The van der Waals surface area contributed by atoms with Crippen LogP contribution in [-0.2, 0) is 0 Å². The summed E-state index contributed by atoms with van der Waals surface area (Å²) in [6.45, 7) is 6.05. The SMILES string of the molecule is CCN(CCCl)C(=O)c1ccc(C(=O)N(CC)CCCl)cc1. The molecule has 1 aromatic carbocycles. The molecule has 0 unspecified atom stereocenters. The molecule has 4 nitrogen and oxygen atoms in total. The number of alkyl halides is 2. The van der Waals surface area contributed by atoms with Crippen LogP contribution in [0.3, 0.4) is 0 Å². The summed E-state index contributed by atoms with van der Waals surface area (Å²) in [7, 11) is 0. The summed E-state index contributed by atoms with van der Waals surface area (Å²) in [6, 6.07) is 6.73. The highest BCUT2D eigenvalue weighted by Gasteiger charge is 2.16. The average molecular weight is 345 g/mol. The van der Waals surface area contributed by atoms with Crippen LogP contribution in [0.1, 0.15) is 34.6 Å². The van der Waals surface area contributed by atoms with Crippen LogP contribution >= 0.6 is 23.2 Å². The van der Waals surface area contributed by atoms with Crippen molar-refractivity contribution >= 4 is 35.0 Å². The Labute approximate surface area is 142 Å². The highest BCUT2D eigenvalue weighted by molar-refractivity contribution is 6.18. The number of rotatable bonds is 8. The Hall–Kier alpha value is -1.26. The molecule has 0 saturated carbocycles. The Morgan fingerprint density at radius 2 is 1.14 bits per heavy atom. The molecule has 22 heavy (non-hydrogen) atoms. The Morgan fingerprint density at radius 3 is 1.36 bits per heavy atom. The highest BCUT2D eigenvalue weighted by Crippen LogP contribution is 2.10. The third kappa shape index (κ3) is 4.89. The highest BCUT2D eigenvalue weighted by atomic mass is 35.5. The molecule has 2 amide bonds. The quantitative estimate of drug-likeness (QED) is 0.680. The summed E-state index contributed by atoms with van der Waals surface area (Å²) < 4.78 is 0. The van der Waals surface area contributed by atoms with Crippen LogP contribution in [0.4, 0.5) is 0 Å². The summed E-state index contributed by atoms with van der Waals surface area (Å²) >= 11 is 11.4. The third-order valence-corrected chi connectivity index (χ3v) is 3.76. The van der Waals surface area contributed by atoms with E-state index in [1.807, 2.05) is 13.8 Å². The van der Waals surface area contributed by atoms with Gasteiger partial charge in [-0.15, -0.1) is 23.2 Å². The molecule has 0 heterocycles. The average Bonchev–Trinajstić information content (AvgIpc) is 2.56. The van der Waals surface area contributed by atoms with Crippen LogP contribution in [0, 0.1) is 0 Å². The normalized spacial score (nSPS) is 10.4. The maximum Gasteiger partial charge on any atom is 0.253 e. The number of hydrogen-bond acceptors (Lipinski definition) is 2. The zero-order valence-corrected chi connectivity index (χ0v) is 14.5. The van der Waals surface area contributed by atoms with Crippen LogP contribution in [-0.4, -0.2) is 59.6 Å². The molecule has 0 radical (unpaired) electrons. The van der Waals surface area contributed by atoms with E-state index in [2.05, 4.69) is 0 Å². The lowest BCUT2D eigenvalue weighted by molar-refractivity contribution is 0.0762. The zero-order valence-electron chi connectivity index (χ0n) is 13.0. The maximum atomic E-state index is 12.3. The van der Waals surface area contributed by atoms with Gasteiger partial charge in [0.2, 0.25) is 0 Å². The van der Waals surface area contributed by atoms with Gasteiger partial charge in [-0.25, -0.2) is 0 Å². The summed E-state index contributed by atoms with van der Waals surface area (Å²) in [5.74, 6) is 0.658. The molecule has 6 heteroatoms. The van der Waals surface area contributed by atoms with Crippen molar-refractivity contribution in [2.45, 2.75) is 13.8 Å². The molecule has 0 N–H and O–H groups in total. The number of halogens is 2. The first-order chi connectivity index (χ1) is 10.6. The number of carbonyl (C=O) groups excluding carboxylic acids is 2. The van der Waals surface area contributed by atoms with E-state index in [9.17, 15) is 9.59 Å². The van der Waals surface area contributed by atoms with Crippen LogP contribution in [0.2, 0.25) is 0 Å². The van der Waals surface area contributed by atoms with Crippen LogP contribution in [0.5, 0.6) is 0 Å². The number of hydrogen-bond donors (Lipinski definition) is 0. The van der Waals surface area contributed by atoms with E-state index in [0.29, 0.717) is 49.1 Å². The van der Waals surface area contributed by atoms with E-state index in [1.165, 1.54) is 0 Å². The standard InChI is InChI=1S/C16H22Cl2N2O2/c1-3-19(11-9-17)15(21)13-5-7-14(8-6-13)16(22)20(4-2)12-10-18/h5-8H,3-4,9-12H2,1-2H3. The summed E-state index contributed by atoms with van der Waals surface area (Å²) in [5.41, 5.74) is 1.12. The first-order valence-corrected chi connectivity index (χ1v) is 8.46. The van der Waals surface area contributed by atoms with Gasteiger partial charge in [-0.1, -0.05) is 0 Å². The van der Waals surface area contributed by atoms with E-state index >= 15 is 0 Å². The lowest BCUT2D eigenvalue weighted by Crippen LogP contribution is -2.33. The van der Waals surface area contributed by atoms with E-state index < -0.39 is 0 Å². The Balaban J connectivity index is 2.85. The molecule has 0 aliphatic heterocycles. The molecule has 0 fully saturated rings. The fraction of sp³-hybridized carbons (Fsp3) is 0.500. The first-order valence-electron chi connectivity index (χ1n) is 7.39. The lowest BCUT2D eigenvalue weighted by atomic mass is 10.1.